The van der Waals surface area contributed by atoms with E-state index < -0.39 is 4.92 Å². The zero-order valence-corrected chi connectivity index (χ0v) is 11.3. The molecule has 0 aliphatic rings. The van der Waals surface area contributed by atoms with E-state index in [9.17, 15) is 10.1 Å². The third-order valence-electron chi connectivity index (χ3n) is 2.47. The van der Waals surface area contributed by atoms with E-state index in [1.54, 1.807) is 11.6 Å². The van der Waals surface area contributed by atoms with Crippen molar-refractivity contribution in [1.29, 1.82) is 0 Å². The summed E-state index contributed by atoms with van der Waals surface area (Å²) in [5.74, 6) is 0.451. The van der Waals surface area contributed by atoms with Crippen LogP contribution in [0.25, 0.3) is 0 Å². The first kappa shape index (κ1) is 14.4. The van der Waals surface area contributed by atoms with Crippen LogP contribution in [0.15, 0.2) is 0 Å². The number of nitrogens with zero attached hydrogens (tertiary/aromatic N) is 3. The van der Waals surface area contributed by atoms with Gasteiger partial charge in [-0.25, -0.2) is 4.68 Å². The Labute approximate surface area is 106 Å². The molecule has 18 heavy (non-hydrogen) atoms. The van der Waals surface area contributed by atoms with Gasteiger partial charge in [-0.3, -0.25) is 10.1 Å². The van der Waals surface area contributed by atoms with Crippen molar-refractivity contribution in [3.8, 4) is 0 Å². The molecule has 1 rings (SSSR count). The Morgan fingerprint density at radius 2 is 2.22 bits per heavy atom. The lowest BCUT2D eigenvalue weighted by Gasteiger charge is -2.11. The number of rotatable bonds is 7. The van der Waals surface area contributed by atoms with Gasteiger partial charge in [0.05, 0.1) is 11.5 Å². The normalized spacial score (nSPS) is 10.9. The quantitative estimate of drug-likeness (QED) is 0.459. The highest BCUT2D eigenvalue weighted by atomic mass is 16.6. The maximum atomic E-state index is 11.0. The molecule has 0 amide bonds. The van der Waals surface area contributed by atoms with Gasteiger partial charge in [0, 0.05) is 19.2 Å². The fraction of sp³-hybridized carbons (Fsp3) is 0.727. The molecule has 7 heteroatoms. The molecule has 0 saturated carbocycles. The predicted molar refractivity (Wildman–Crippen MR) is 69.0 cm³/mol. The van der Waals surface area contributed by atoms with Crippen molar-refractivity contribution in [2.24, 2.45) is 0 Å². The molecule has 0 fully saturated rings. The number of hydrogen-bond acceptors (Lipinski definition) is 5. The minimum absolute atomic E-state index is 0.0419. The van der Waals surface area contributed by atoms with Crippen molar-refractivity contribution in [2.75, 3.05) is 25.1 Å². The minimum Gasteiger partial charge on any atom is -0.380 e. The molecular weight excluding hydrogens is 236 g/mol. The monoisotopic (exact) mass is 256 g/mol. The van der Waals surface area contributed by atoms with Gasteiger partial charge in [0.25, 0.3) is 0 Å². The molecular formula is C11H20N4O3. The molecule has 1 aromatic heterocycles. The summed E-state index contributed by atoms with van der Waals surface area (Å²) < 4.78 is 6.84. The number of nitrogens with one attached hydrogen (secondary N) is 1. The number of aromatic nitrogens is 2. The van der Waals surface area contributed by atoms with Gasteiger partial charge < -0.3 is 10.1 Å². The summed E-state index contributed by atoms with van der Waals surface area (Å²) in [6.45, 7) is 9.08. The van der Waals surface area contributed by atoms with E-state index in [0.717, 1.165) is 0 Å². The number of anilines is 1. The summed E-state index contributed by atoms with van der Waals surface area (Å²) in [4.78, 5) is 10.6. The summed E-state index contributed by atoms with van der Waals surface area (Å²) >= 11 is 0. The zero-order valence-electron chi connectivity index (χ0n) is 11.3. The van der Waals surface area contributed by atoms with Crippen molar-refractivity contribution in [3.05, 3.63) is 15.8 Å². The minimum atomic E-state index is -0.399. The number of hydrogen-bond donors (Lipinski definition) is 1. The molecule has 0 aliphatic heterocycles. The zero-order chi connectivity index (χ0) is 13.7. The largest absolute Gasteiger partial charge is 0.380 e. The first-order valence-electron chi connectivity index (χ1n) is 6.04. The van der Waals surface area contributed by atoms with Crippen LogP contribution in [0.3, 0.4) is 0 Å². The maximum Gasteiger partial charge on any atom is 0.333 e. The fourth-order valence-electron chi connectivity index (χ4n) is 1.68. The molecule has 1 aromatic rings. The predicted octanol–water partition coefficient (Wildman–Crippen LogP) is 2.13. The first-order valence-corrected chi connectivity index (χ1v) is 6.04. The van der Waals surface area contributed by atoms with E-state index in [0.29, 0.717) is 31.3 Å². The summed E-state index contributed by atoms with van der Waals surface area (Å²) in [6, 6.07) is 0.0620. The van der Waals surface area contributed by atoms with E-state index in [1.165, 1.54) is 0 Å². The smallest absolute Gasteiger partial charge is 0.333 e. The van der Waals surface area contributed by atoms with E-state index in [-0.39, 0.29) is 11.7 Å². The van der Waals surface area contributed by atoms with Crippen LogP contribution in [-0.2, 0) is 4.74 Å². The Morgan fingerprint density at radius 1 is 1.56 bits per heavy atom. The van der Waals surface area contributed by atoms with Crippen molar-refractivity contribution in [1.82, 2.24) is 9.78 Å². The molecule has 0 radical (unpaired) electrons. The van der Waals surface area contributed by atoms with Crippen molar-refractivity contribution >= 4 is 11.5 Å². The Hall–Kier alpha value is -1.63. The standard InChI is InChI=1S/C11H20N4O3/c1-5-18-7-6-12-11-10(15(16)17)9(4)13-14(11)8(2)3/h8,12H,5-7H2,1-4H3. The second-order valence-corrected chi connectivity index (χ2v) is 4.20. The van der Waals surface area contributed by atoms with Gasteiger partial charge in [0.15, 0.2) is 0 Å². The van der Waals surface area contributed by atoms with E-state index in [4.69, 9.17) is 4.74 Å². The van der Waals surface area contributed by atoms with Crippen LogP contribution in [0, 0.1) is 17.0 Å². The summed E-state index contributed by atoms with van der Waals surface area (Å²) in [5.41, 5.74) is 0.466. The Morgan fingerprint density at radius 3 is 2.72 bits per heavy atom. The maximum absolute atomic E-state index is 11.0. The average Bonchev–Trinajstić information content (AvgIpc) is 2.62. The first-order chi connectivity index (χ1) is 8.49. The molecule has 0 bridgehead atoms. The molecule has 0 spiro atoms. The van der Waals surface area contributed by atoms with Crippen LogP contribution < -0.4 is 5.32 Å². The topological polar surface area (TPSA) is 82.2 Å². The third kappa shape index (κ3) is 3.19. The molecule has 102 valence electrons. The molecule has 1 N–H and O–H groups in total. The van der Waals surface area contributed by atoms with Crippen LogP contribution >= 0.6 is 0 Å². The molecule has 7 nitrogen and oxygen atoms in total. The van der Waals surface area contributed by atoms with Crippen LogP contribution in [0.1, 0.15) is 32.5 Å². The van der Waals surface area contributed by atoms with Gasteiger partial charge in [0.1, 0.15) is 5.69 Å². The molecule has 0 saturated heterocycles. The lowest BCUT2D eigenvalue weighted by molar-refractivity contribution is -0.384. The lowest BCUT2D eigenvalue weighted by Crippen LogP contribution is -2.15. The molecule has 0 aliphatic carbocycles. The van der Waals surface area contributed by atoms with Gasteiger partial charge in [-0.05, 0) is 27.7 Å². The summed E-state index contributed by atoms with van der Waals surface area (Å²) in [5, 5.41) is 18.3. The average molecular weight is 256 g/mol. The van der Waals surface area contributed by atoms with Crippen molar-refractivity contribution in [2.45, 2.75) is 33.7 Å². The van der Waals surface area contributed by atoms with Gasteiger partial charge in [-0.2, -0.15) is 5.10 Å². The Bertz CT molecular complexity index is 415. The van der Waals surface area contributed by atoms with Crippen LogP contribution in [0.2, 0.25) is 0 Å². The van der Waals surface area contributed by atoms with E-state index >= 15 is 0 Å². The fourth-order valence-corrected chi connectivity index (χ4v) is 1.68. The van der Waals surface area contributed by atoms with E-state index in [2.05, 4.69) is 10.4 Å². The summed E-state index contributed by atoms with van der Waals surface area (Å²) in [7, 11) is 0. The van der Waals surface area contributed by atoms with Crippen LogP contribution in [0.4, 0.5) is 11.5 Å². The molecule has 0 unspecified atom stereocenters. The van der Waals surface area contributed by atoms with Gasteiger partial charge >= 0.3 is 5.69 Å². The van der Waals surface area contributed by atoms with Gasteiger partial charge in [-0.1, -0.05) is 0 Å². The van der Waals surface area contributed by atoms with Crippen LogP contribution in [-0.4, -0.2) is 34.5 Å². The number of ether oxygens (including phenoxy) is 1. The SMILES string of the molecule is CCOCCNc1c([N+](=O)[O-])c(C)nn1C(C)C. The van der Waals surface area contributed by atoms with Gasteiger partial charge in [-0.15, -0.1) is 0 Å². The van der Waals surface area contributed by atoms with Gasteiger partial charge in [0.2, 0.25) is 5.82 Å². The highest BCUT2D eigenvalue weighted by Crippen LogP contribution is 2.30. The second kappa shape index (κ2) is 6.34. The van der Waals surface area contributed by atoms with Crippen molar-refractivity contribution in [3.63, 3.8) is 0 Å². The van der Waals surface area contributed by atoms with Crippen LogP contribution in [0.5, 0.6) is 0 Å². The molecule has 1 heterocycles. The highest BCUT2D eigenvalue weighted by Gasteiger charge is 2.25. The lowest BCUT2D eigenvalue weighted by atomic mass is 10.3. The number of aryl methyl sites for hydroxylation is 1. The number of nitro groups is 1. The molecule has 0 atom stereocenters. The van der Waals surface area contributed by atoms with E-state index in [1.807, 2.05) is 20.8 Å². The Kier molecular flexibility index (Phi) is 5.08. The summed E-state index contributed by atoms with van der Waals surface area (Å²) in [6.07, 6.45) is 0. The molecule has 0 aromatic carbocycles. The second-order valence-electron chi connectivity index (χ2n) is 4.20. The van der Waals surface area contributed by atoms with Crippen molar-refractivity contribution < 1.29 is 9.66 Å². The Balaban J connectivity index is 2.93. The highest BCUT2D eigenvalue weighted by molar-refractivity contribution is 5.59. The third-order valence-corrected chi connectivity index (χ3v) is 2.47.